The van der Waals surface area contributed by atoms with Crippen LogP contribution in [0.1, 0.15) is 23.8 Å². The predicted octanol–water partition coefficient (Wildman–Crippen LogP) is 2.87. The lowest BCUT2D eigenvalue weighted by atomic mass is 10.3. The van der Waals surface area contributed by atoms with E-state index in [-0.39, 0.29) is 6.04 Å². The van der Waals surface area contributed by atoms with E-state index >= 15 is 0 Å². The summed E-state index contributed by atoms with van der Waals surface area (Å²) in [5.74, 6) is 0.958. The fourth-order valence-corrected chi connectivity index (χ4v) is 2.55. The Hall–Kier alpha value is -1.72. The van der Waals surface area contributed by atoms with E-state index in [2.05, 4.69) is 27.2 Å². The van der Waals surface area contributed by atoms with Gasteiger partial charge in [-0.15, -0.1) is 11.3 Å². The van der Waals surface area contributed by atoms with Gasteiger partial charge in [0.1, 0.15) is 10.8 Å². The molecule has 0 aliphatic rings. The van der Waals surface area contributed by atoms with Crippen LogP contribution in [-0.4, -0.2) is 15.0 Å². The van der Waals surface area contributed by atoms with Gasteiger partial charge in [0.15, 0.2) is 0 Å². The third-order valence-corrected chi connectivity index (χ3v) is 3.79. The summed E-state index contributed by atoms with van der Waals surface area (Å²) >= 11 is 1.67. The van der Waals surface area contributed by atoms with Crippen molar-refractivity contribution < 1.29 is 0 Å². The standard InChI is InChI=1S/C13H14N4S/c1-9(13-14-6-7-18-13)15-8-12-16-10-4-2-3-5-11(10)17-12/h2-7,9,15H,8H2,1H3,(H,16,17). The van der Waals surface area contributed by atoms with Crippen LogP contribution < -0.4 is 5.32 Å². The number of aromatic amines is 1. The van der Waals surface area contributed by atoms with Gasteiger partial charge in [-0.3, -0.25) is 0 Å². The highest BCUT2D eigenvalue weighted by atomic mass is 32.1. The fraction of sp³-hybridized carbons (Fsp3) is 0.231. The first kappa shape index (κ1) is 11.4. The number of nitrogens with one attached hydrogen (secondary N) is 2. The average Bonchev–Trinajstić information content (AvgIpc) is 3.04. The molecule has 1 atom stereocenters. The van der Waals surface area contributed by atoms with Gasteiger partial charge in [0.25, 0.3) is 0 Å². The minimum atomic E-state index is 0.248. The Bertz CT molecular complexity index is 596. The fourth-order valence-electron chi connectivity index (χ4n) is 1.87. The van der Waals surface area contributed by atoms with Crippen LogP contribution in [-0.2, 0) is 6.54 Å². The van der Waals surface area contributed by atoms with E-state index in [0.717, 1.165) is 28.4 Å². The minimum absolute atomic E-state index is 0.248. The normalized spacial score (nSPS) is 12.9. The first-order chi connectivity index (χ1) is 8.83. The molecule has 0 aliphatic carbocycles. The number of benzene rings is 1. The zero-order chi connectivity index (χ0) is 12.4. The van der Waals surface area contributed by atoms with E-state index in [4.69, 9.17) is 0 Å². The summed E-state index contributed by atoms with van der Waals surface area (Å²) in [6.07, 6.45) is 1.83. The van der Waals surface area contributed by atoms with Crippen LogP contribution >= 0.6 is 11.3 Å². The first-order valence-electron chi connectivity index (χ1n) is 5.89. The van der Waals surface area contributed by atoms with Gasteiger partial charge in [-0.1, -0.05) is 12.1 Å². The number of rotatable bonds is 4. The molecule has 2 aromatic heterocycles. The third kappa shape index (κ3) is 2.27. The van der Waals surface area contributed by atoms with E-state index in [1.165, 1.54) is 0 Å². The van der Waals surface area contributed by atoms with Gasteiger partial charge in [0, 0.05) is 11.6 Å². The Kier molecular flexibility index (Phi) is 3.08. The highest BCUT2D eigenvalue weighted by Gasteiger charge is 2.08. The number of aromatic nitrogens is 3. The molecule has 1 unspecified atom stereocenters. The van der Waals surface area contributed by atoms with E-state index in [1.807, 2.05) is 35.8 Å². The summed E-state index contributed by atoms with van der Waals surface area (Å²) in [5.41, 5.74) is 2.09. The topological polar surface area (TPSA) is 53.6 Å². The van der Waals surface area contributed by atoms with E-state index < -0.39 is 0 Å². The lowest BCUT2D eigenvalue weighted by molar-refractivity contribution is 0.560. The summed E-state index contributed by atoms with van der Waals surface area (Å²) in [6.45, 7) is 2.83. The number of hydrogen-bond acceptors (Lipinski definition) is 4. The maximum absolute atomic E-state index is 4.53. The molecule has 0 amide bonds. The molecule has 0 spiro atoms. The van der Waals surface area contributed by atoms with Crippen molar-refractivity contribution in [3.8, 4) is 0 Å². The highest BCUT2D eigenvalue weighted by Crippen LogP contribution is 2.15. The van der Waals surface area contributed by atoms with Crippen molar-refractivity contribution in [2.24, 2.45) is 0 Å². The molecule has 2 heterocycles. The summed E-state index contributed by atoms with van der Waals surface area (Å²) in [6, 6.07) is 8.31. The minimum Gasteiger partial charge on any atom is -0.341 e. The highest BCUT2D eigenvalue weighted by molar-refractivity contribution is 7.09. The molecule has 5 heteroatoms. The lowest BCUT2D eigenvalue weighted by Crippen LogP contribution is -2.18. The molecule has 4 nitrogen and oxygen atoms in total. The van der Waals surface area contributed by atoms with E-state index in [9.17, 15) is 0 Å². The lowest BCUT2D eigenvalue weighted by Gasteiger charge is -2.08. The molecule has 18 heavy (non-hydrogen) atoms. The Balaban J connectivity index is 1.69. The number of H-pyrrole nitrogens is 1. The summed E-state index contributed by atoms with van der Waals surface area (Å²) in [4.78, 5) is 12.1. The number of fused-ring (bicyclic) bond motifs is 1. The van der Waals surface area contributed by atoms with Gasteiger partial charge in [0.2, 0.25) is 0 Å². The van der Waals surface area contributed by atoms with Crippen molar-refractivity contribution in [1.29, 1.82) is 0 Å². The smallest absolute Gasteiger partial charge is 0.121 e. The van der Waals surface area contributed by atoms with Gasteiger partial charge in [-0.25, -0.2) is 9.97 Å². The van der Waals surface area contributed by atoms with E-state index in [1.54, 1.807) is 11.3 Å². The number of hydrogen-bond donors (Lipinski definition) is 2. The van der Waals surface area contributed by atoms with Crippen LogP contribution in [0, 0.1) is 0 Å². The number of imidazole rings is 1. The predicted molar refractivity (Wildman–Crippen MR) is 73.5 cm³/mol. The molecule has 92 valence electrons. The van der Waals surface area contributed by atoms with Crippen LogP contribution in [0.3, 0.4) is 0 Å². The first-order valence-corrected chi connectivity index (χ1v) is 6.77. The summed E-state index contributed by atoms with van der Waals surface area (Å²) < 4.78 is 0. The molecule has 0 radical (unpaired) electrons. The van der Waals surface area contributed by atoms with Gasteiger partial charge < -0.3 is 10.3 Å². The number of para-hydroxylation sites is 2. The largest absolute Gasteiger partial charge is 0.341 e. The molecular formula is C13H14N4S. The molecule has 0 bridgehead atoms. The monoisotopic (exact) mass is 258 g/mol. The Morgan fingerprint density at radius 2 is 2.28 bits per heavy atom. The molecule has 0 saturated heterocycles. The SMILES string of the molecule is CC(NCc1nc2ccccc2[nH]1)c1nccs1. The molecule has 0 fully saturated rings. The molecule has 2 N–H and O–H groups in total. The van der Waals surface area contributed by atoms with Crippen molar-refractivity contribution in [1.82, 2.24) is 20.3 Å². The molecule has 0 aliphatic heterocycles. The zero-order valence-corrected chi connectivity index (χ0v) is 10.9. The Morgan fingerprint density at radius 3 is 3.06 bits per heavy atom. The van der Waals surface area contributed by atoms with Crippen LogP contribution in [0.4, 0.5) is 0 Å². The second-order valence-electron chi connectivity index (χ2n) is 4.17. The van der Waals surface area contributed by atoms with Gasteiger partial charge in [-0.2, -0.15) is 0 Å². The van der Waals surface area contributed by atoms with Crippen molar-refractivity contribution in [3.63, 3.8) is 0 Å². The van der Waals surface area contributed by atoms with E-state index in [0.29, 0.717) is 0 Å². The molecule has 3 rings (SSSR count). The molecular weight excluding hydrogens is 244 g/mol. The van der Waals surface area contributed by atoms with Crippen molar-refractivity contribution in [2.45, 2.75) is 19.5 Å². The van der Waals surface area contributed by atoms with Crippen molar-refractivity contribution >= 4 is 22.4 Å². The maximum Gasteiger partial charge on any atom is 0.121 e. The summed E-state index contributed by atoms with van der Waals surface area (Å²) in [7, 11) is 0. The summed E-state index contributed by atoms with van der Waals surface area (Å²) in [5, 5.41) is 6.51. The average molecular weight is 258 g/mol. The molecule has 1 aromatic carbocycles. The van der Waals surface area contributed by atoms with Crippen LogP contribution in [0.5, 0.6) is 0 Å². The second kappa shape index (κ2) is 4.88. The third-order valence-electron chi connectivity index (χ3n) is 2.84. The van der Waals surface area contributed by atoms with Gasteiger partial charge in [0.05, 0.1) is 23.6 Å². The second-order valence-corrected chi connectivity index (χ2v) is 5.10. The van der Waals surface area contributed by atoms with Crippen molar-refractivity contribution in [2.75, 3.05) is 0 Å². The van der Waals surface area contributed by atoms with Crippen LogP contribution in [0.2, 0.25) is 0 Å². The van der Waals surface area contributed by atoms with Crippen LogP contribution in [0.15, 0.2) is 35.8 Å². The van der Waals surface area contributed by atoms with Crippen LogP contribution in [0.25, 0.3) is 11.0 Å². The quantitative estimate of drug-likeness (QED) is 0.756. The van der Waals surface area contributed by atoms with Gasteiger partial charge >= 0.3 is 0 Å². The Labute approximate surface area is 109 Å². The van der Waals surface area contributed by atoms with Crippen molar-refractivity contribution in [3.05, 3.63) is 46.7 Å². The Morgan fingerprint density at radius 1 is 1.39 bits per heavy atom. The number of nitrogens with zero attached hydrogens (tertiary/aromatic N) is 2. The maximum atomic E-state index is 4.53. The molecule has 0 saturated carbocycles. The zero-order valence-electron chi connectivity index (χ0n) is 10.1. The number of thiazole rings is 1. The molecule has 3 aromatic rings. The van der Waals surface area contributed by atoms with Gasteiger partial charge in [-0.05, 0) is 19.1 Å².